The quantitative estimate of drug-likeness (QED) is 0.786. The Morgan fingerprint density at radius 2 is 2.09 bits per heavy atom. The molecule has 0 saturated carbocycles. The Morgan fingerprint density at radius 1 is 1.36 bits per heavy atom. The molecule has 1 heterocycles. The van der Waals surface area contributed by atoms with Gasteiger partial charge in [0.1, 0.15) is 0 Å². The number of hydrogen-bond donors (Lipinski definition) is 1. The molecule has 0 aliphatic carbocycles. The molecule has 2 rings (SSSR count). The van der Waals surface area contributed by atoms with Gasteiger partial charge < -0.3 is 15.4 Å². The van der Waals surface area contributed by atoms with Crippen molar-refractivity contribution in [2.24, 2.45) is 11.7 Å². The van der Waals surface area contributed by atoms with E-state index in [1.165, 1.54) is 5.56 Å². The molecule has 122 valence electrons. The highest BCUT2D eigenvalue weighted by atomic mass is 16.5. The average Bonchev–Trinajstić information content (AvgIpc) is 3.00. The lowest BCUT2D eigenvalue weighted by molar-refractivity contribution is -0.134. The van der Waals surface area contributed by atoms with E-state index in [1.807, 2.05) is 24.8 Å². The van der Waals surface area contributed by atoms with E-state index in [4.69, 9.17) is 10.5 Å². The van der Waals surface area contributed by atoms with Crippen LogP contribution in [0.25, 0.3) is 0 Å². The molecule has 3 atom stereocenters. The van der Waals surface area contributed by atoms with Crippen LogP contribution < -0.4 is 5.73 Å². The molecule has 2 N–H and O–H groups in total. The second-order valence-corrected chi connectivity index (χ2v) is 6.30. The van der Waals surface area contributed by atoms with E-state index in [9.17, 15) is 4.79 Å². The number of amides is 1. The summed E-state index contributed by atoms with van der Waals surface area (Å²) in [5.74, 6) is 0.0437. The van der Waals surface area contributed by atoms with E-state index in [-0.39, 0.29) is 24.0 Å². The van der Waals surface area contributed by atoms with Crippen LogP contribution in [-0.4, -0.2) is 42.6 Å². The van der Waals surface area contributed by atoms with Gasteiger partial charge in [0.15, 0.2) is 0 Å². The van der Waals surface area contributed by atoms with Crippen LogP contribution >= 0.6 is 0 Å². The van der Waals surface area contributed by atoms with Crippen LogP contribution in [0.15, 0.2) is 30.3 Å². The van der Waals surface area contributed by atoms with Crippen LogP contribution in [0, 0.1) is 5.92 Å². The van der Waals surface area contributed by atoms with Gasteiger partial charge in [-0.05, 0) is 31.7 Å². The van der Waals surface area contributed by atoms with Gasteiger partial charge in [-0.1, -0.05) is 37.3 Å². The molecule has 22 heavy (non-hydrogen) atoms. The van der Waals surface area contributed by atoms with Crippen molar-refractivity contribution in [3.8, 4) is 0 Å². The molecule has 0 bridgehead atoms. The summed E-state index contributed by atoms with van der Waals surface area (Å²) in [5, 5.41) is 0. The highest BCUT2D eigenvalue weighted by molar-refractivity contribution is 5.79. The fraction of sp³-hybridized carbons (Fsp3) is 0.611. The zero-order valence-corrected chi connectivity index (χ0v) is 13.7. The number of nitrogens with zero attached hydrogens (tertiary/aromatic N) is 1. The Hall–Kier alpha value is -1.39. The monoisotopic (exact) mass is 304 g/mol. The second kappa shape index (κ2) is 8.30. The second-order valence-electron chi connectivity index (χ2n) is 6.30. The van der Waals surface area contributed by atoms with Gasteiger partial charge in [0.05, 0.1) is 12.0 Å². The van der Waals surface area contributed by atoms with Gasteiger partial charge in [0, 0.05) is 25.7 Å². The van der Waals surface area contributed by atoms with E-state index >= 15 is 0 Å². The van der Waals surface area contributed by atoms with Crippen molar-refractivity contribution in [2.75, 3.05) is 19.7 Å². The first-order valence-corrected chi connectivity index (χ1v) is 8.28. The van der Waals surface area contributed by atoms with Gasteiger partial charge in [-0.3, -0.25) is 4.79 Å². The maximum atomic E-state index is 12.2. The van der Waals surface area contributed by atoms with Gasteiger partial charge in [0.25, 0.3) is 0 Å². The number of likely N-dealkylation sites (tertiary alicyclic amines) is 1. The third-order valence-corrected chi connectivity index (χ3v) is 4.44. The van der Waals surface area contributed by atoms with Gasteiger partial charge in [-0.2, -0.15) is 0 Å². The number of nitrogens with two attached hydrogens (primary N) is 1. The summed E-state index contributed by atoms with van der Waals surface area (Å²) in [6, 6.07) is 10.4. The highest BCUT2D eigenvalue weighted by Crippen LogP contribution is 2.17. The molecule has 0 radical (unpaired) electrons. The molecule has 1 fully saturated rings. The molecule has 1 amide bonds. The Balaban J connectivity index is 1.65. The van der Waals surface area contributed by atoms with E-state index in [0.29, 0.717) is 6.54 Å². The smallest absolute Gasteiger partial charge is 0.227 e. The van der Waals surface area contributed by atoms with Crippen molar-refractivity contribution in [3.05, 3.63) is 35.9 Å². The van der Waals surface area contributed by atoms with Crippen LogP contribution in [0.2, 0.25) is 0 Å². The number of hydrogen-bond acceptors (Lipinski definition) is 3. The number of benzene rings is 1. The molecule has 1 aromatic rings. The van der Waals surface area contributed by atoms with Crippen molar-refractivity contribution in [1.82, 2.24) is 4.90 Å². The first-order chi connectivity index (χ1) is 10.6. The van der Waals surface area contributed by atoms with Gasteiger partial charge in [-0.15, -0.1) is 0 Å². The fourth-order valence-corrected chi connectivity index (χ4v) is 2.75. The SMILES string of the molecule is CC(N)C(C)C(=O)N1CCC(OCCCc2ccccc2)C1. The Labute approximate surface area is 133 Å². The molecule has 4 heteroatoms. The number of rotatable bonds is 7. The topological polar surface area (TPSA) is 55.6 Å². The number of carbonyl (C=O) groups is 1. The third-order valence-electron chi connectivity index (χ3n) is 4.44. The third kappa shape index (κ3) is 4.82. The average molecular weight is 304 g/mol. The maximum Gasteiger partial charge on any atom is 0.227 e. The minimum Gasteiger partial charge on any atom is -0.376 e. The summed E-state index contributed by atoms with van der Waals surface area (Å²) in [7, 11) is 0. The molecular formula is C18H28N2O2. The standard InChI is InChI=1S/C18H28N2O2/c1-14(15(2)19)18(21)20-11-10-17(13-20)22-12-6-9-16-7-4-3-5-8-16/h3-5,7-8,14-15,17H,6,9-13,19H2,1-2H3. The van der Waals surface area contributed by atoms with Crippen LogP contribution in [0.3, 0.4) is 0 Å². The van der Waals surface area contributed by atoms with Crippen molar-refractivity contribution in [2.45, 2.75) is 45.3 Å². The molecule has 3 unspecified atom stereocenters. The van der Waals surface area contributed by atoms with Crippen LogP contribution in [0.5, 0.6) is 0 Å². The Morgan fingerprint density at radius 3 is 2.77 bits per heavy atom. The van der Waals surface area contributed by atoms with Gasteiger partial charge in [0.2, 0.25) is 5.91 Å². The summed E-state index contributed by atoms with van der Waals surface area (Å²) in [6.07, 6.45) is 3.17. The summed E-state index contributed by atoms with van der Waals surface area (Å²) >= 11 is 0. The number of aryl methyl sites for hydroxylation is 1. The Bertz CT molecular complexity index is 461. The molecule has 0 aromatic heterocycles. The lowest BCUT2D eigenvalue weighted by Gasteiger charge is -2.23. The predicted octanol–water partition coefficient (Wildman–Crippen LogP) is 2.22. The van der Waals surface area contributed by atoms with Crippen LogP contribution in [0.1, 0.15) is 32.3 Å². The zero-order chi connectivity index (χ0) is 15.9. The van der Waals surface area contributed by atoms with E-state index in [0.717, 1.165) is 32.4 Å². The minimum absolute atomic E-state index is 0.0988. The van der Waals surface area contributed by atoms with E-state index in [2.05, 4.69) is 24.3 Å². The van der Waals surface area contributed by atoms with Gasteiger partial charge in [-0.25, -0.2) is 0 Å². The number of ether oxygens (including phenoxy) is 1. The molecule has 0 spiro atoms. The van der Waals surface area contributed by atoms with E-state index < -0.39 is 0 Å². The molecule has 1 aromatic carbocycles. The molecule has 1 aliphatic rings. The first-order valence-electron chi connectivity index (χ1n) is 8.28. The normalized spacial score (nSPS) is 20.9. The fourth-order valence-electron chi connectivity index (χ4n) is 2.75. The summed E-state index contributed by atoms with van der Waals surface area (Å²) in [4.78, 5) is 14.1. The lowest BCUT2D eigenvalue weighted by atomic mass is 10.0. The van der Waals surface area contributed by atoms with Crippen molar-refractivity contribution >= 4 is 5.91 Å². The van der Waals surface area contributed by atoms with Crippen molar-refractivity contribution in [1.29, 1.82) is 0 Å². The van der Waals surface area contributed by atoms with Crippen LogP contribution in [-0.2, 0) is 16.0 Å². The largest absolute Gasteiger partial charge is 0.376 e. The van der Waals surface area contributed by atoms with Crippen molar-refractivity contribution < 1.29 is 9.53 Å². The predicted molar refractivity (Wildman–Crippen MR) is 88.5 cm³/mol. The van der Waals surface area contributed by atoms with Gasteiger partial charge >= 0.3 is 0 Å². The number of carbonyl (C=O) groups excluding carboxylic acids is 1. The molecular weight excluding hydrogens is 276 g/mol. The minimum atomic E-state index is -0.114. The Kier molecular flexibility index (Phi) is 6.40. The summed E-state index contributed by atoms with van der Waals surface area (Å²) in [6.45, 7) is 6.04. The van der Waals surface area contributed by atoms with Crippen molar-refractivity contribution in [3.63, 3.8) is 0 Å². The van der Waals surface area contributed by atoms with E-state index in [1.54, 1.807) is 0 Å². The van der Waals surface area contributed by atoms with Crippen LogP contribution in [0.4, 0.5) is 0 Å². The lowest BCUT2D eigenvalue weighted by Crippen LogP contribution is -2.41. The summed E-state index contributed by atoms with van der Waals surface area (Å²) < 4.78 is 5.92. The molecule has 1 saturated heterocycles. The maximum absolute atomic E-state index is 12.2. The zero-order valence-electron chi connectivity index (χ0n) is 13.7. The molecule has 4 nitrogen and oxygen atoms in total. The molecule has 1 aliphatic heterocycles. The first kappa shape index (κ1) is 17.0. The summed E-state index contributed by atoms with van der Waals surface area (Å²) in [5.41, 5.74) is 7.16. The highest BCUT2D eigenvalue weighted by Gasteiger charge is 2.30.